The summed E-state index contributed by atoms with van der Waals surface area (Å²) in [5.74, 6) is 1.38. The molecule has 2 aliphatic rings. The van der Waals surface area contributed by atoms with Gasteiger partial charge in [0.05, 0.1) is 6.54 Å². The molecule has 1 spiro atoms. The number of thioether (sulfide) groups is 1. The maximum absolute atomic E-state index is 12.7. The lowest BCUT2D eigenvalue weighted by atomic mass is 9.90. The zero-order valence-corrected chi connectivity index (χ0v) is 17.5. The number of benzene rings is 2. The number of nitrogens with one attached hydrogen (secondary N) is 1. The molecule has 2 fully saturated rings. The van der Waals surface area contributed by atoms with Gasteiger partial charge in [0.15, 0.2) is 0 Å². The molecular weight excluding hydrogens is 380 g/mol. The van der Waals surface area contributed by atoms with E-state index in [0.29, 0.717) is 0 Å². The van der Waals surface area contributed by atoms with Crippen LogP contribution in [0.3, 0.4) is 0 Å². The van der Waals surface area contributed by atoms with Crippen LogP contribution < -0.4 is 5.32 Å². The summed E-state index contributed by atoms with van der Waals surface area (Å²) >= 11 is 1.71. The van der Waals surface area contributed by atoms with E-state index in [9.17, 15) is 4.79 Å². The van der Waals surface area contributed by atoms with Crippen LogP contribution in [-0.4, -0.2) is 30.2 Å². The van der Waals surface area contributed by atoms with Gasteiger partial charge in [-0.3, -0.25) is 9.69 Å². The first-order chi connectivity index (χ1) is 14.1. The largest absolute Gasteiger partial charge is 0.460 e. The van der Waals surface area contributed by atoms with Crippen molar-refractivity contribution < 1.29 is 9.21 Å². The molecule has 1 aliphatic carbocycles. The third-order valence-corrected chi connectivity index (χ3v) is 7.32. The second-order valence-electron chi connectivity index (χ2n) is 8.36. The first kappa shape index (κ1) is 18.8. The molecule has 1 aromatic heterocycles. The van der Waals surface area contributed by atoms with E-state index in [1.54, 1.807) is 11.8 Å². The summed E-state index contributed by atoms with van der Waals surface area (Å²) in [5, 5.41) is 4.28. The van der Waals surface area contributed by atoms with Gasteiger partial charge in [-0.25, -0.2) is 0 Å². The highest BCUT2D eigenvalue weighted by atomic mass is 32.2. The third kappa shape index (κ3) is 3.81. The molecule has 2 heterocycles. The number of amides is 1. The molecular formula is C24H26N2O2S. The van der Waals surface area contributed by atoms with E-state index in [0.717, 1.165) is 55.9 Å². The summed E-state index contributed by atoms with van der Waals surface area (Å²) in [6.07, 6.45) is 5.27. The number of hydrogen-bond acceptors (Lipinski definition) is 4. The molecule has 0 bridgehead atoms. The van der Waals surface area contributed by atoms with Crippen LogP contribution in [0.5, 0.6) is 0 Å². The van der Waals surface area contributed by atoms with Gasteiger partial charge in [-0.2, -0.15) is 0 Å². The van der Waals surface area contributed by atoms with Gasteiger partial charge < -0.3 is 9.73 Å². The van der Waals surface area contributed by atoms with Gasteiger partial charge in [-0.05, 0) is 80.4 Å². The Morgan fingerprint density at radius 1 is 1.17 bits per heavy atom. The van der Waals surface area contributed by atoms with Crippen molar-refractivity contribution >= 4 is 34.3 Å². The zero-order chi connectivity index (χ0) is 19.8. The lowest BCUT2D eigenvalue weighted by Crippen LogP contribution is -2.35. The number of furan rings is 1. The Bertz CT molecular complexity index is 986. The molecule has 5 rings (SSSR count). The molecule has 1 saturated heterocycles. The fraction of sp³-hybridized carbons (Fsp3) is 0.375. The number of anilines is 1. The van der Waals surface area contributed by atoms with Gasteiger partial charge in [0.2, 0.25) is 5.91 Å². The second-order valence-corrected chi connectivity index (χ2v) is 9.24. The molecule has 0 radical (unpaired) electrons. The maximum atomic E-state index is 12.7. The summed E-state index contributed by atoms with van der Waals surface area (Å²) in [5.41, 5.74) is 2.07. The molecule has 1 saturated carbocycles. The van der Waals surface area contributed by atoms with Gasteiger partial charge in [0, 0.05) is 21.9 Å². The van der Waals surface area contributed by atoms with Crippen molar-refractivity contribution in [1.82, 2.24) is 4.90 Å². The van der Waals surface area contributed by atoms with Crippen LogP contribution in [0.1, 0.15) is 25.0 Å². The Hall–Kier alpha value is -2.24. The summed E-state index contributed by atoms with van der Waals surface area (Å²) in [6, 6.07) is 18.4. The van der Waals surface area contributed by atoms with Crippen LogP contribution >= 0.6 is 11.8 Å². The van der Waals surface area contributed by atoms with Crippen LogP contribution in [0.2, 0.25) is 0 Å². The molecule has 150 valence electrons. The average molecular weight is 407 g/mol. The summed E-state index contributed by atoms with van der Waals surface area (Å²) in [7, 11) is 0. The van der Waals surface area contributed by atoms with E-state index in [1.807, 2.05) is 30.3 Å². The minimum absolute atomic E-state index is 0.163. The molecule has 3 aromatic rings. The predicted molar refractivity (Wildman–Crippen MR) is 118 cm³/mol. The van der Waals surface area contributed by atoms with Gasteiger partial charge in [-0.1, -0.05) is 18.2 Å². The van der Waals surface area contributed by atoms with Crippen molar-refractivity contribution in [1.29, 1.82) is 0 Å². The average Bonchev–Trinajstić information content (AvgIpc) is 3.29. The van der Waals surface area contributed by atoms with Crippen LogP contribution in [-0.2, 0) is 11.3 Å². The number of nitrogens with zero attached hydrogens (tertiary/aromatic N) is 1. The molecule has 4 nitrogen and oxygen atoms in total. The number of para-hydroxylation sites is 1. The smallest absolute Gasteiger partial charge is 0.228 e. The molecule has 1 N–H and O–H groups in total. The Kier molecular flexibility index (Phi) is 4.88. The lowest BCUT2D eigenvalue weighted by molar-refractivity contribution is -0.118. The minimum Gasteiger partial charge on any atom is -0.460 e. The number of rotatable bonds is 5. The molecule has 5 heteroatoms. The maximum Gasteiger partial charge on any atom is 0.228 e. The minimum atomic E-state index is 0.163. The highest BCUT2D eigenvalue weighted by Gasteiger charge is 2.58. The van der Waals surface area contributed by atoms with Crippen molar-refractivity contribution in [3.8, 4) is 0 Å². The van der Waals surface area contributed by atoms with Crippen molar-refractivity contribution in [2.75, 3.05) is 24.7 Å². The first-order valence-corrected chi connectivity index (χ1v) is 11.5. The standard InChI is InChI=1S/C24H26N2O2S/c1-29-20-8-6-18(7-9-20)25-23(27)21-15-24(21)10-12-26(13-11-24)16-19-14-17-4-2-3-5-22(17)28-19/h2-9,14,21H,10-13,15-16H2,1H3,(H,25,27)/t21-/m1/s1. The molecule has 29 heavy (non-hydrogen) atoms. The van der Waals surface area contributed by atoms with Crippen molar-refractivity contribution in [2.45, 2.75) is 30.7 Å². The Labute approximate surface area is 175 Å². The lowest BCUT2D eigenvalue weighted by Gasteiger charge is -2.32. The van der Waals surface area contributed by atoms with E-state index in [4.69, 9.17) is 4.42 Å². The van der Waals surface area contributed by atoms with Crippen molar-refractivity contribution in [3.63, 3.8) is 0 Å². The Balaban J connectivity index is 1.15. The van der Waals surface area contributed by atoms with E-state index in [2.05, 4.69) is 40.7 Å². The normalized spacial score (nSPS) is 20.8. The van der Waals surface area contributed by atoms with Gasteiger partial charge in [0.1, 0.15) is 11.3 Å². The molecule has 1 atom stereocenters. The Morgan fingerprint density at radius 2 is 1.93 bits per heavy atom. The van der Waals surface area contributed by atoms with Crippen molar-refractivity contribution in [3.05, 3.63) is 60.4 Å². The number of carbonyl (C=O) groups is 1. The third-order valence-electron chi connectivity index (χ3n) is 6.57. The van der Waals surface area contributed by atoms with E-state index in [-0.39, 0.29) is 17.2 Å². The monoisotopic (exact) mass is 406 g/mol. The summed E-state index contributed by atoms with van der Waals surface area (Å²) in [4.78, 5) is 16.4. The van der Waals surface area contributed by atoms with E-state index >= 15 is 0 Å². The fourth-order valence-electron chi connectivity index (χ4n) is 4.67. The quantitative estimate of drug-likeness (QED) is 0.577. The topological polar surface area (TPSA) is 45.5 Å². The number of fused-ring (bicyclic) bond motifs is 1. The highest BCUT2D eigenvalue weighted by molar-refractivity contribution is 7.98. The SMILES string of the molecule is CSc1ccc(NC(=O)[C@H]2CC23CCN(Cc2cc4ccccc4o2)CC3)cc1. The number of likely N-dealkylation sites (tertiary alicyclic amines) is 1. The van der Waals surface area contributed by atoms with Crippen LogP contribution in [0.25, 0.3) is 11.0 Å². The number of carbonyl (C=O) groups excluding carboxylic acids is 1. The van der Waals surface area contributed by atoms with Crippen LogP contribution in [0, 0.1) is 11.3 Å². The van der Waals surface area contributed by atoms with E-state index < -0.39 is 0 Å². The zero-order valence-electron chi connectivity index (χ0n) is 16.7. The highest BCUT2D eigenvalue weighted by Crippen LogP contribution is 2.59. The van der Waals surface area contributed by atoms with Gasteiger partial charge in [-0.15, -0.1) is 11.8 Å². The fourth-order valence-corrected chi connectivity index (χ4v) is 5.07. The predicted octanol–water partition coefficient (Wildman–Crippen LogP) is 5.40. The van der Waals surface area contributed by atoms with Gasteiger partial charge in [0.25, 0.3) is 0 Å². The molecule has 1 amide bonds. The van der Waals surface area contributed by atoms with E-state index in [1.165, 1.54) is 10.3 Å². The first-order valence-electron chi connectivity index (χ1n) is 10.3. The van der Waals surface area contributed by atoms with Crippen LogP contribution in [0.4, 0.5) is 5.69 Å². The molecule has 0 unspecified atom stereocenters. The number of hydrogen-bond donors (Lipinski definition) is 1. The molecule has 1 aliphatic heterocycles. The molecule has 2 aromatic carbocycles. The Morgan fingerprint density at radius 3 is 2.66 bits per heavy atom. The summed E-state index contributed by atoms with van der Waals surface area (Å²) < 4.78 is 5.97. The second kappa shape index (κ2) is 7.54. The van der Waals surface area contributed by atoms with Gasteiger partial charge >= 0.3 is 0 Å². The number of piperidine rings is 1. The van der Waals surface area contributed by atoms with Crippen molar-refractivity contribution in [2.24, 2.45) is 11.3 Å². The summed E-state index contributed by atoms with van der Waals surface area (Å²) in [6.45, 7) is 2.91. The van der Waals surface area contributed by atoms with Crippen LogP contribution in [0.15, 0.2) is 63.9 Å².